The Labute approximate surface area is 233 Å². The van der Waals surface area contributed by atoms with Gasteiger partial charge >= 0.3 is 0 Å². The van der Waals surface area contributed by atoms with Crippen LogP contribution in [0.15, 0.2) is 29.8 Å². The first-order chi connectivity index (χ1) is 18.5. The van der Waals surface area contributed by atoms with Gasteiger partial charge in [0.2, 0.25) is 17.7 Å². The Morgan fingerprint density at radius 2 is 1.92 bits per heavy atom. The molecule has 10 nitrogen and oxygen atoms in total. The second-order valence-corrected chi connectivity index (χ2v) is 11.7. The second kappa shape index (κ2) is 14.0. The summed E-state index contributed by atoms with van der Waals surface area (Å²) in [4.78, 5) is 46.1. The molecule has 1 aromatic heterocycles. The number of amides is 3. The van der Waals surface area contributed by atoms with Crippen LogP contribution in [0.3, 0.4) is 0 Å². The number of thiazole rings is 1. The average molecular weight is 561 g/mol. The maximum absolute atomic E-state index is 13.6. The number of β-amino-alcohol motifs (C(OH)–C–C–N with tert-alkyl or cyclic N) is 1. The van der Waals surface area contributed by atoms with Gasteiger partial charge in [-0.1, -0.05) is 45.0 Å². The van der Waals surface area contributed by atoms with Crippen molar-refractivity contribution in [2.24, 2.45) is 5.41 Å². The largest absolute Gasteiger partial charge is 0.396 e. The van der Waals surface area contributed by atoms with Crippen molar-refractivity contribution in [2.75, 3.05) is 26.4 Å². The van der Waals surface area contributed by atoms with Gasteiger partial charge in [-0.25, -0.2) is 4.98 Å². The molecule has 11 heteroatoms. The fourth-order valence-electron chi connectivity index (χ4n) is 4.45. The number of hydrogen-bond donors (Lipinski definition) is 4. The second-order valence-electron chi connectivity index (χ2n) is 10.9. The zero-order valence-electron chi connectivity index (χ0n) is 23.1. The summed E-state index contributed by atoms with van der Waals surface area (Å²) in [5.41, 5.74) is 4.13. The number of ether oxygens (including phenoxy) is 1. The number of aliphatic hydroxyl groups is 2. The van der Waals surface area contributed by atoms with E-state index in [0.717, 1.165) is 21.7 Å². The number of hydrogen-bond acceptors (Lipinski definition) is 8. The summed E-state index contributed by atoms with van der Waals surface area (Å²) in [7, 11) is 0. The molecule has 1 aromatic carbocycles. The third-order valence-electron chi connectivity index (χ3n) is 6.63. The molecule has 1 aliphatic rings. The molecule has 1 aliphatic heterocycles. The van der Waals surface area contributed by atoms with E-state index in [1.165, 1.54) is 4.90 Å². The monoisotopic (exact) mass is 560 g/mol. The fraction of sp³-hybridized carbons (Fsp3) is 0.571. The van der Waals surface area contributed by atoms with Crippen molar-refractivity contribution in [3.63, 3.8) is 0 Å². The molecule has 3 amide bonds. The lowest BCUT2D eigenvalue weighted by Gasteiger charge is -2.35. The minimum absolute atomic E-state index is 0.0166. The Bertz CT molecular complexity index is 1110. The zero-order chi connectivity index (χ0) is 28.6. The topological polar surface area (TPSA) is 141 Å². The van der Waals surface area contributed by atoms with E-state index in [9.17, 15) is 19.5 Å². The molecule has 0 bridgehead atoms. The summed E-state index contributed by atoms with van der Waals surface area (Å²) in [6.45, 7) is 8.33. The normalized spacial score (nSPS) is 18.2. The molecule has 39 heavy (non-hydrogen) atoms. The Hall–Kier alpha value is -2.86. The molecule has 1 saturated heterocycles. The maximum Gasteiger partial charge on any atom is 0.246 e. The van der Waals surface area contributed by atoms with Crippen molar-refractivity contribution in [2.45, 2.75) is 71.7 Å². The maximum atomic E-state index is 13.6. The summed E-state index contributed by atoms with van der Waals surface area (Å²) in [5.74, 6) is -1.10. The third kappa shape index (κ3) is 8.56. The minimum Gasteiger partial charge on any atom is -0.396 e. The molecule has 0 radical (unpaired) electrons. The first-order valence-electron chi connectivity index (χ1n) is 13.2. The molecule has 2 heterocycles. The summed E-state index contributed by atoms with van der Waals surface area (Å²) >= 11 is 1.58. The van der Waals surface area contributed by atoms with Crippen LogP contribution in [0.4, 0.5) is 0 Å². The molecule has 4 N–H and O–H groups in total. The van der Waals surface area contributed by atoms with Crippen LogP contribution in [-0.4, -0.2) is 82.4 Å². The predicted molar refractivity (Wildman–Crippen MR) is 149 cm³/mol. The van der Waals surface area contributed by atoms with Crippen molar-refractivity contribution < 1.29 is 29.3 Å². The van der Waals surface area contributed by atoms with Gasteiger partial charge in [0.25, 0.3) is 0 Å². The fourth-order valence-corrected chi connectivity index (χ4v) is 5.26. The van der Waals surface area contributed by atoms with Crippen LogP contribution in [0.25, 0.3) is 10.4 Å². The highest BCUT2D eigenvalue weighted by atomic mass is 32.1. The number of aromatic nitrogens is 1. The van der Waals surface area contributed by atoms with E-state index in [1.54, 1.807) is 11.3 Å². The van der Waals surface area contributed by atoms with E-state index >= 15 is 0 Å². The number of carbonyl (C=O) groups excluding carboxylic acids is 3. The molecular formula is C28H40N4O6S. The van der Waals surface area contributed by atoms with Crippen LogP contribution >= 0.6 is 11.3 Å². The molecule has 1 fully saturated rings. The van der Waals surface area contributed by atoms with Crippen molar-refractivity contribution in [1.82, 2.24) is 20.5 Å². The number of nitrogens with zero attached hydrogens (tertiary/aromatic N) is 2. The van der Waals surface area contributed by atoms with Crippen LogP contribution < -0.4 is 10.6 Å². The van der Waals surface area contributed by atoms with Crippen LogP contribution in [0.2, 0.25) is 0 Å². The molecule has 0 spiro atoms. The van der Waals surface area contributed by atoms with Crippen molar-refractivity contribution in [3.8, 4) is 10.4 Å². The Morgan fingerprint density at radius 3 is 2.54 bits per heavy atom. The minimum atomic E-state index is -0.884. The van der Waals surface area contributed by atoms with Gasteiger partial charge in [-0.15, -0.1) is 11.3 Å². The molecule has 3 atom stereocenters. The quantitative estimate of drug-likeness (QED) is 0.291. The Balaban J connectivity index is 1.61. The predicted octanol–water partition coefficient (Wildman–Crippen LogP) is 2.02. The van der Waals surface area contributed by atoms with Crippen LogP contribution in [-0.2, 0) is 25.7 Å². The van der Waals surface area contributed by atoms with Gasteiger partial charge in [0.15, 0.2) is 0 Å². The zero-order valence-corrected chi connectivity index (χ0v) is 23.9. The number of nitrogens with one attached hydrogen (secondary N) is 2. The third-order valence-corrected chi connectivity index (χ3v) is 7.61. The Kier molecular flexibility index (Phi) is 11.0. The molecule has 2 aromatic rings. The van der Waals surface area contributed by atoms with E-state index < -0.39 is 29.5 Å². The van der Waals surface area contributed by atoms with Crippen LogP contribution in [0, 0.1) is 12.3 Å². The van der Waals surface area contributed by atoms with E-state index in [2.05, 4.69) is 15.6 Å². The first-order valence-corrected chi connectivity index (χ1v) is 14.1. The number of aliphatic hydroxyl groups excluding tert-OH is 2. The number of aryl methyl sites for hydroxylation is 1. The SMILES string of the molecule is Cc1ncsc1-c1ccc(CNC(=O)[C@@H]2C[C@@H](O)CN2C(=O)[C@@H](NC(=O)CCOCCCO)C(C)(C)C)cc1. The average Bonchev–Trinajstić information content (AvgIpc) is 3.50. The first kappa shape index (κ1) is 30.7. The summed E-state index contributed by atoms with van der Waals surface area (Å²) in [6.07, 6.45) is -0.143. The summed E-state index contributed by atoms with van der Waals surface area (Å²) in [5, 5.41) is 24.9. The van der Waals surface area contributed by atoms with E-state index in [-0.39, 0.29) is 51.0 Å². The lowest BCUT2D eigenvalue weighted by Crippen LogP contribution is -2.57. The van der Waals surface area contributed by atoms with Crippen molar-refractivity contribution in [3.05, 3.63) is 41.0 Å². The van der Waals surface area contributed by atoms with E-state index in [4.69, 9.17) is 9.84 Å². The summed E-state index contributed by atoms with van der Waals surface area (Å²) < 4.78 is 5.32. The molecule has 0 unspecified atom stereocenters. The van der Waals surface area contributed by atoms with E-state index in [0.29, 0.717) is 13.0 Å². The smallest absolute Gasteiger partial charge is 0.246 e. The van der Waals surface area contributed by atoms with Crippen molar-refractivity contribution >= 4 is 29.1 Å². The standard InChI is InChI=1S/C28H40N4O6S/c1-18-24(39-17-30-18)20-8-6-19(7-9-20)15-29-26(36)22-14-21(34)16-32(22)27(37)25(28(2,3)4)31-23(35)10-13-38-12-5-11-33/h6-9,17,21-22,25,33-34H,5,10-16H2,1-4H3,(H,29,36)(H,31,35)/t21-,22+,25-/m1/s1. The molecular weight excluding hydrogens is 520 g/mol. The van der Waals surface area contributed by atoms with E-state index in [1.807, 2.05) is 57.5 Å². The lowest BCUT2D eigenvalue weighted by molar-refractivity contribution is -0.144. The van der Waals surface area contributed by atoms with Crippen LogP contribution in [0.5, 0.6) is 0 Å². The highest BCUT2D eigenvalue weighted by Crippen LogP contribution is 2.28. The Morgan fingerprint density at radius 1 is 1.21 bits per heavy atom. The number of carbonyl (C=O) groups is 3. The van der Waals surface area contributed by atoms with Gasteiger partial charge in [-0.05, 0) is 29.9 Å². The van der Waals surface area contributed by atoms with Gasteiger partial charge in [-0.2, -0.15) is 0 Å². The van der Waals surface area contributed by atoms with Crippen LogP contribution in [0.1, 0.15) is 51.3 Å². The van der Waals surface area contributed by atoms with Gasteiger partial charge < -0.3 is 30.5 Å². The number of rotatable bonds is 12. The number of benzene rings is 1. The highest BCUT2D eigenvalue weighted by Gasteiger charge is 2.44. The lowest BCUT2D eigenvalue weighted by atomic mass is 9.85. The molecule has 3 rings (SSSR count). The van der Waals surface area contributed by atoms with Gasteiger partial charge in [-0.3, -0.25) is 14.4 Å². The van der Waals surface area contributed by atoms with Gasteiger partial charge in [0.05, 0.1) is 28.8 Å². The molecule has 0 saturated carbocycles. The molecule has 214 valence electrons. The van der Waals surface area contributed by atoms with Gasteiger partial charge in [0.1, 0.15) is 12.1 Å². The summed E-state index contributed by atoms with van der Waals surface area (Å²) in [6, 6.07) is 6.15. The highest BCUT2D eigenvalue weighted by molar-refractivity contribution is 7.13. The van der Waals surface area contributed by atoms with Crippen molar-refractivity contribution in [1.29, 1.82) is 0 Å². The number of likely N-dealkylation sites (tertiary alicyclic amines) is 1. The van der Waals surface area contributed by atoms with Gasteiger partial charge in [0, 0.05) is 39.1 Å². The molecule has 0 aliphatic carbocycles.